The Morgan fingerprint density at radius 1 is 1.25 bits per heavy atom. The maximum Gasteiger partial charge on any atom is 0.227 e. The number of hydrogen-bond donors (Lipinski definition) is 1. The van der Waals surface area contributed by atoms with Crippen molar-refractivity contribution in [2.45, 2.75) is 19.4 Å². The summed E-state index contributed by atoms with van der Waals surface area (Å²) in [6.07, 6.45) is 2.11. The third-order valence-corrected chi connectivity index (χ3v) is 3.89. The fraction of sp³-hybridized carbons (Fsp3) is 0.562. The van der Waals surface area contributed by atoms with E-state index < -0.39 is 0 Å². The van der Waals surface area contributed by atoms with E-state index in [1.54, 1.807) is 0 Å². The monoisotopic (exact) mass is 275 g/mol. The first-order chi connectivity index (χ1) is 9.58. The van der Waals surface area contributed by atoms with Crippen molar-refractivity contribution in [1.82, 2.24) is 10.2 Å². The highest BCUT2D eigenvalue weighted by Crippen LogP contribution is 2.16. The highest BCUT2D eigenvalue weighted by Gasteiger charge is 2.23. The zero-order valence-corrected chi connectivity index (χ0v) is 12.7. The van der Waals surface area contributed by atoms with Gasteiger partial charge >= 0.3 is 0 Å². The predicted octanol–water partition coefficient (Wildman–Crippen LogP) is 1.71. The zero-order valence-electron chi connectivity index (χ0n) is 12.7. The summed E-state index contributed by atoms with van der Waals surface area (Å²) in [5.41, 5.74) is 2.36. The van der Waals surface area contributed by atoms with E-state index in [4.69, 9.17) is 0 Å². The average Bonchev–Trinajstić information content (AvgIpc) is 2.48. The molecule has 1 aromatic rings. The van der Waals surface area contributed by atoms with Crippen LogP contribution in [-0.4, -0.2) is 45.0 Å². The van der Waals surface area contributed by atoms with Crippen LogP contribution in [0, 0.1) is 5.92 Å². The second kappa shape index (κ2) is 6.75. The van der Waals surface area contributed by atoms with Gasteiger partial charge in [-0.1, -0.05) is 12.1 Å². The van der Waals surface area contributed by atoms with Crippen molar-refractivity contribution < 1.29 is 4.79 Å². The molecule has 1 aliphatic rings. The van der Waals surface area contributed by atoms with Gasteiger partial charge in [0.2, 0.25) is 5.91 Å². The molecule has 4 heteroatoms. The number of benzene rings is 1. The molecule has 0 aliphatic carbocycles. The average molecular weight is 275 g/mol. The molecule has 0 radical (unpaired) electrons. The molecule has 1 saturated heterocycles. The van der Waals surface area contributed by atoms with Crippen LogP contribution >= 0.6 is 0 Å². The lowest BCUT2D eigenvalue weighted by Gasteiger charge is -2.27. The molecule has 4 nitrogen and oxygen atoms in total. The Kier molecular flexibility index (Phi) is 5.01. The molecular weight excluding hydrogens is 250 g/mol. The smallest absolute Gasteiger partial charge is 0.227 e. The maximum absolute atomic E-state index is 12.4. The van der Waals surface area contributed by atoms with E-state index >= 15 is 0 Å². The molecule has 0 saturated carbocycles. The summed E-state index contributed by atoms with van der Waals surface area (Å²) in [6.45, 7) is 2.55. The summed E-state index contributed by atoms with van der Waals surface area (Å²) in [6, 6.07) is 8.38. The Labute approximate surface area is 121 Å². The first kappa shape index (κ1) is 14.9. The number of anilines is 1. The van der Waals surface area contributed by atoms with Crippen LogP contribution in [0.4, 0.5) is 5.69 Å². The SMILES string of the molecule is CN(Cc1ccc(N(C)C)cc1)C(=O)C1CCCNC1. The van der Waals surface area contributed by atoms with Crippen LogP contribution in [0.25, 0.3) is 0 Å². The Morgan fingerprint density at radius 2 is 1.95 bits per heavy atom. The van der Waals surface area contributed by atoms with E-state index in [9.17, 15) is 4.79 Å². The summed E-state index contributed by atoms with van der Waals surface area (Å²) in [5, 5.41) is 3.30. The second-order valence-electron chi connectivity index (χ2n) is 5.80. The maximum atomic E-state index is 12.4. The normalized spacial score (nSPS) is 18.6. The summed E-state index contributed by atoms with van der Waals surface area (Å²) >= 11 is 0. The van der Waals surface area contributed by atoms with Gasteiger partial charge in [-0.05, 0) is 37.1 Å². The van der Waals surface area contributed by atoms with Crippen molar-refractivity contribution in [3.8, 4) is 0 Å². The first-order valence-electron chi connectivity index (χ1n) is 7.30. The number of hydrogen-bond acceptors (Lipinski definition) is 3. The van der Waals surface area contributed by atoms with Crippen LogP contribution in [0.1, 0.15) is 18.4 Å². The molecule has 2 rings (SSSR count). The van der Waals surface area contributed by atoms with Gasteiger partial charge in [0.1, 0.15) is 0 Å². The number of nitrogens with zero attached hydrogens (tertiary/aromatic N) is 2. The minimum absolute atomic E-state index is 0.148. The topological polar surface area (TPSA) is 35.6 Å². The van der Waals surface area contributed by atoms with E-state index in [0.29, 0.717) is 6.54 Å². The molecule has 1 N–H and O–H groups in total. The van der Waals surface area contributed by atoms with Crippen LogP contribution < -0.4 is 10.2 Å². The van der Waals surface area contributed by atoms with Crippen molar-refractivity contribution in [1.29, 1.82) is 0 Å². The summed E-state index contributed by atoms with van der Waals surface area (Å²) in [4.78, 5) is 16.3. The van der Waals surface area contributed by atoms with E-state index in [0.717, 1.165) is 25.9 Å². The van der Waals surface area contributed by atoms with Gasteiger partial charge in [-0.25, -0.2) is 0 Å². The fourth-order valence-corrected chi connectivity index (χ4v) is 2.63. The summed E-state index contributed by atoms with van der Waals surface area (Å²) in [7, 11) is 5.96. The third-order valence-electron chi connectivity index (χ3n) is 3.89. The van der Waals surface area contributed by atoms with Crippen LogP contribution in [-0.2, 0) is 11.3 Å². The Hall–Kier alpha value is -1.55. The summed E-state index contributed by atoms with van der Waals surface area (Å²) < 4.78 is 0. The van der Waals surface area contributed by atoms with Crippen LogP contribution in [0.2, 0.25) is 0 Å². The largest absolute Gasteiger partial charge is 0.378 e. The zero-order chi connectivity index (χ0) is 14.5. The number of carbonyl (C=O) groups excluding carboxylic acids is 1. The highest BCUT2D eigenvalue weighted by atomic mass is 16.2. The Bertz CT molecular complexity index is 436. The van der Waals surface area contributed by atoms with Gasteiger partial charge in [-0.15, -0.1) is 0 Å². The van der Waals surface area contributed by atoms with Crippen molar-refractivity contribution in [3.05, 3.63) is 29.8 Å². The third kappa shape index (κ3) is 3.73. The van der Waals surface area contributed by atoms with E-state index in [-0.39, 0.29) is 11.8 Å². The van der Waals surface area contributed by atoms with Crippen LogP contribution in [0.3, 0.4) is 0 Å². The molecule has 110 valence electrons. The molecular formula is C16H25N3O. The number of amides is 1. The van der Waals surface area contributed by atoms with Crippen LogP contribution in [0.15, 0.2) is 24.3 Å². The molecule has 20 heavy (non-hydrogen) atoms. The standard InChI is InChI=1S/C16H25N3O/c1-18(2)15-8-6-13(7-9-15)12-19(3)16(20)14-5-4-10-17-11-14/h6-9,14,17H,4-5,10-12H2,1-3H3. The van der Waals surface area contributed by atoms with Gasteiger partial charge in [-0.3, -0.25) is 4.79 Å². The van der Waals surface area contributed by atoms with Gasteiger partial charge in [0.05, 0.1) is 5.92 Å². The summed E-state index contributed by atoms with van der Waals surface area (Å²) in [5.74, 6) is 0.406. The van der Waals surface area contributed by atoms with E-state index in [2.05, 4.69) is 34.5 Å². The molecule has 0 aromatic heterocycles. The predicted molar refractivity (Wildman–Crippen MR) is 82.8 cm³/mol. The molecule has 0 spiro atoms. The van der Waals surface area contributed by atoms with Gasteiger partial charge in [-0.2, -0.15) is 0 Å². The number of rotatable bonds is 4. The van der Waals surface area contributed by atoms with Crippen molar-refractivity contribution >= 4 is 11.6 Å². The molecule has 1 aliphatic heterocycles. The Morgan fingerprint density at radius 3 is 2.50 bits per heavy atom. The van der Waals surface area contributed by atoms with Crippen molar-refractivity contribution in [2.75, 3.05) is 39.1 Å². The molecule has 1 aromatic carbocycles. The van der Waals surface area contributed by atoms with Gasteiger partial charge in [0.25, 0.3) is 0 Å². The van der Waals surface area contributed by atoms with E-state index in [1.807, 2.05) is 26.0 Å². The van der Waals surface area contributed by atoms with Crippen molar-refractivity contribution in [3.63, 3.8) is 0 Å². The number of piperidine rings is 1. The minimum Gasteiger partial charge on any atom is -0.378 e. The van der Waals surface area contributed by atoms with Gasteiger partial charge in [0, 0.05) is 39.9 Å². The Balaban J connectivity index is 1.92. The lowest BCUT2D eigenvalue weighted by Crippen LogP contribution is -2.41. The molecule has 1 unspecified atom stereocenters. The quantitative estimate of drug-likeness (QED) is 0.908. The van der Waals surface area contributed by atoms with Crippen molar-refractivity contribution in [2.24, 2.45) is 5.92 Å². The molecule has 1 amide bonds. The van der Waals surface area contributed by atoms with Gasteiger partial charge in [0.15, 0.2) is 0 Å². The first-order valence-corrected chi connectivity index (χ1v) is 7.30. The highest BCUT2D eigenvalue weighted by molar-refractivity contribution is 5.79. The van der Waals surface area contributed by atoms with Crippen LogP contribution in [0.5, 0.6) is 0 Å². The minimum atomic E-state index is 0.148. The molecule has 1 atom stereocenters. The number of nitrogens with one attached hydrogen (secondary N) is 1. The lowest BCUT2D eigenvalue weighted by molar-refractivity contribution is -0.135. The lowest BCUT2D eigenvalue weighted by atomic mass is 9.98. The second-order valence-corrected chi connectivity index (χ2v) is 5.80. The molecule has 0 bridgehead atoms. The fourth-order valence-electron chi connectivity index (χ4n) is 2.63. The van der Waals surface area contributed by atoms with E-state index in [1.165, 1.54) is 11.3 Å². The van der Waals surface area contributed by atoms with Gasteiger partial charge < -0.3 is 15.1 Å². The molecule has 1 fully saturated rings. The molecule has 1 heterocycles. The number of carbonyl (C=O) groups is 1.